The Morgan fingerprint density at radius 2 is 1.64 bits per heavy atom. The summed E-state index contributed by atoms with van der Waals surface area (Å²) in [7, 11) is 0. The van der Waals surface area contributed by atoms with Crippen LogP contribution in [0.2, 0.25) is 0 Å². The van der Waals surface area contributed by atoms with Gasteiger partial charge in [0, 0.05) is 42.5 Å². The fourth-order valence-electron chi connectivity index (χ4n) is 3.10. The maximum absolute atomic E-state index is 12.3. The minimum absolute atomic E-state index is 0.238. The second-order valence-electron chi connectivity index (χ2n) is 7.96. The number of hydrogen-bond donors (Lipinski definition) is 0. The number of hydrogen-bond acceptors (Lipinski definition) is 6. The fraction of sp³-hybridized carbons (Fsp3) is 0.476. The minimum atomic E-state index is -0.469. The van der Waals surface area contributed by atoms with Crippen molar-refractivity contribution in [2.24, 2.45) is 0 Å². The van der Waals surface area contributed by atoms with E-state index in [1.807, 2.05) is 52.8 Å². The van der Waals surface area contributed by atoms with Crippen molar-refractivity contribution in [1.82, 2.24) is 14.9 Å². The first-order valence-electron chi connectivity index (χ1n) is 9.53. The van der Waals surface area contributed by atoms with Crippen molar-refractivity contribution in [3.63, 3.8) is 0 Å². The van der Waals surface area contributed by atoms with Gasteiger partial charge in [0.2, 0.25) is 0 Å². The Bertz CT molecular complexity index is 822. The van der Waals surface area contributed by atoms with E-state index in [1.54, 1.807) is 16.7 Å². The minimum Gasteiger partial charge on any atom is -0.444 e. The molecule has 1 aliphatic rings. The van der Waals surface area contributed by atoms with Gasteiger partial charge in [-0.1, -0.05) is 12.1 Å². The van der Waals surface area contributed by atoms with Gasteiger partial charge in [-0.05, 0) is 64.6 Å². The van der Waals surface area contributed by atoms with Crippen LogP contribution in [0.5, 0.6) is 0 Å². The molecular formula is C21H28N4O2S. The molecule has 0 atom stereocenters. The van der Waals surface area contributed by atoms with Crippen molar-refractivity contribution >= 4 is 23.5 Å². The highest BCUT2D eigenvalue weighted by atomic mass is 32.2. The summed E-state index contributed by atoms with van der Waals surface area (Å²) in [5.41, 5.74) is 2.62. The van der Waals surface area contributed by atoms with Crippen LogP contribution in [-0.4, -0.2) is 52.7 Å². The number of rotatable bonds is 3. The van der Waals surface area contributed by atoms with E-state index >= 15 is 0 Å². The van der Waals surface area contributed by atoms with Gasteiger partial charge in [-0.2, -0.15) is 0 Å². The Labute approximate surface area is 171 Å². The number of ether oxygens (including phenoxy) is 1. The third-order valence-corrected chi connectivity index (χ3v) is 5.23. The van der Waals surface area contributed by atoms with E-state index in [0.29, 0.717) is 13.1 Å². The van der Waals surface area contributed by atoms with Crippen LogP contribution in [0.1, 0.15) is 32.2 Å². The zero-order valence-electron chi connectivity index (χ0n) is 17.2. The van der Waals surface area contributed by atoms with Gasteiger partial charge in [-0.3, -0.25) is 0 Å². The zero-order valence-corrected chi connectivity index (χ0v) is 18.0. The lowest BCUT2D eigenvalue weighted by Crippen LogP contribution is -2.50. The molecule has 1 fully saturated rings. The number of carbonyl (C=O) groups is 1. The third-order valence-electron chi connectivity index (χ3n) is 4.30. The quantitative estimate of drug-likeness (QED) is 0.716. The molecule has 1 saturated heterocycles. The van der Waals surface area contributed by atoms with Crippen LogP contribution in [0.15, 0.2) is 40.4 Å². The number of carbonyl (C=O) groups excluding carboxylic acids is 1. The summed E-state index contributed by atoms with van der Waals surface area (Å²) in [6.45, 7) is 12.5. The van der Waals surface area contributed by atoms with Crippen LogP contribution in [0.4, 0.5) is 10.5 Å². The average Bonchev–Trinajstić information content (AvgIpc) is 2.60. The molecule has 3 rings (SSSR count). The first-order valence-corrected chi connectivity index (χ1v) is 10.3. The number of nitrogens with zero attached hydrogens (tertiary/aromatic N) is 4. The summed E-state index contributed by atoms with van der Waals surface area (Å²) >= 11 is 1.58. The molecule has 7 heteroatoms. The van der Waals surface area contributed by atoms with Crippen LogP contribution in [-0.2, 0) is 4.74 Å². The second-order valence-corrected chi connectivity index (χ2v) is 8.97. The van der Waals surface area contributed by atoms with Crippen molar-refractivity contribution < 1.29 is 9.53 Å². The van der Waals surface area contributed by atoms with Gasteiger partial charge in [-0.25, -0.2) is 14.8 Å². The molecule has 150 valence electrons. The summed E-state index contributed by atoms with van der Waals surface area (Å²) in [4.78, 5) is 26.6. The Morgan fingerprint density at radius 3 is 2.25 bits per heavy atom. The Hall–Kier alpha value is -2.28. The van der Waals surface area contributed by atoms with Gasteiger partial charge in [-0.15, -0.1) is 0 Å². The number of aromatic nitrogens is 2. The molecule has 0 aliphatic carbocycles. The van der Waals surface area contributed by atoms with E-state index in [2.05, 4.69) is 27.0 Å². The Balaban J connectivity index is 1.69. The molecule has 1 amide bonds. The van der Waals surface area contributed by atoms with Gasteiger partial charge >= 0.3 is 6.09 Å². The molecule has 0 unspecified atom stereocenters. The molecule has 1 aliphatic heterocycles. The molecule has 1 aromatic heterocycles. The highest BCUT2D eigenvalue weighted by Gasteiger charge is 2.26. The Kier molecular flexibility index (Phi) is 6.13. The molecular weight excluding hydrogens is 372 g/mol. The largest absolute Gasteiger partial charge is 0.444 e. The maximum Gasteiger partial charge on any atom is 0.410 e. The van der Waals surface area contributed by atoms with Gasteiger partial charge in [0.25, 0.3) is 0 Å². The van der Waals surface area contributed by atoms with E-state index in [-0.39, 0.29) is 6.09 Å². The first kappa shape index (κ1) is 20.5. The SMILES string of the molecule is Cc1cc(C)nc(Sc2ccccc2N2CCN(C(=O)OC(C)(C)C)CC2)n1. The molecule has 1 aromatic carbocycles. The van der Waals surface area contributed by atoms with Crippen LogP contribution in [0.25, 0.3) is 0 Å². The van der Waals surface area contributed by atoms with Crippen molar-refractivity contribution in [3.05, 3.63) is 41.7 Å². The number of amides is 1. The van der Waals surface area contributed by atoms with Crippen molar-refractivity contribution in [3.8, 4) is 0 Å². The highest BCUT2D eigenvalue weighted by Crippen LogP contribution is 2.34. The summed E-state index contributed by atoms with van der Waals surface area (Å²) < 4.78 is 5.49. The van der Waals surface area contributed by atoms with Crippen molar-refractivity contribution in [1.29, 1.82) is 0 Å². The number of piperazine rings is 1. The molecule has 0 saturated carbocycles. The van der Waals surface area contributed by atoms with Gasteiger partial charge in [0.05, 0.1) is 5.69 Å². The molecule has 0 N–H and O–H groups in total. The van der Waals surface area contributed by atoms with Crippen LogP contribution >= 0.6 is 11.8 Å². The normalized spacial score (nSPS) is 14.9. The first-order chi connectivity index (χ1) is 13.2. The standard InChI is InChI=1S/C21H28N4O2S/c1-15-14-16(2)23-19(22-15)28-18-9-7-6-8-17(18)24-10-12-25(13-11-24)20(26)27-21(3,4)5/h6-9,14H,10-13H2,1-5H3. The summed E-state index contributed by atoms with van der Waals surface area (Å²) in [6, 6.07) is 10.3. The van der Waals surface area contributed by atoms with Crippen molar-refractivity contribution in [2.75, 3.05) is 31.1 Å². The van der Waals surface area contributed by atoms with E-state index in [9.17, 15) is 4.79 Å². The lowest BCUT2D eigenvalue weighted by atomic mass is 10.2. The topological polar surface area (TPSA) is 58.6 Å². The number of para-hydroxylation sites is 1. The summed E-state index contributed by atoms with van der Waals surface area (Å²) in [5.74, 6) is 0. The molecule has 0 spiro atoms. The van der Waals surface area contributed by atoms with E-state index in [4.69, 9.17) is 4.74 Å². The van der Waals surface area contributed by atoms with Crippen LogP contribution < -0.4 is 4.90 Å². The molecule has 28 heavy (non-hydrogen) atoms. The number of aryl methyl sites for hydroxylation is 2. The zero-order chi connectivity index (χ0) is 20.3. The average molecular weight is 401 g/mol. The second kappa shape index (κ2) is 8.39. The fourth-order valence-corrected chi connectivity index (χ4v) is 4.12. The number of benzene rings is 1. The van der Waals surface area contributed by atoms with E-state index < -0.39 is 5.60 Å². The summed E-state index contributed by atoms with van der Waals surface area (Å²) in [5, 5.41) is 0.761. The van der Waals surface area contributed by atoms with Gasteiger partial charge in [0.15, 0.2) is 5.16 Å². The molecule has 0 bridgehead atoms. The molecule has 6 nitrogen and oxygen atoms in total. The van der Waals surface area contributed by atoms with Crippen molar-refractivity contribution in [2.45, 2.75) is 50.3 Å². The van der Waals surface area contributed by atoms with Crippen LogP contribution in [0, 0.1) is 13.8 Å². The third kappa shape index (κ3) is 5.38. The predicted molar refractivity (Wildman–Crippen MR) is 112 cm³/mol. The highest BCUT2D eigenvalue weighted by molar-refractivity contribution is 7.99. The van der Waals surface area contributed by atoms with E-state index in [1.165, 1.54) is 0 Å². The van der Waals surface area contributed by atoms with E-state index in [0.717, 1.165) is 40.2 Å². The predicted octanol–water partition coefficient (Wildman–Crippen LogP) is 4.30. The molecule has 0 radical (unpaired) electrons. The lowest BCUT2D eigenvalue weighted by molar-refractivity contribution is 0.0240. The maximum atomic E-state index is 12.3. The monoisotopic (exact) mass is 400 g/mol. The van der Waals surface area contributed by atoms with Gasteiger partial charge in [0.1, 0.15) is 5.60 Å². The molecule has 2 aromatic rings. The molecule has 2 heterocycles. The van der Waals surface area contributed by atoms with Gasteiger partial charge < -0.3 is 14.5 Å². The lowest BCUT2D eigenvalue weighted by Gasteiger charge is -2.37. The number of anilines is 1. The van der Waals surface area contributed by atoms with Crippen LogP contribution in [0.3, 0.4) is 0 Å². The smallest absolute Gasteiger partial charge is 0.410 e. The summed E-state index contributed by atoms with van der Waals surface area (Å²) in [6.07, 6.45) is -0.238. The Morgan fingerprint density at radius 1 is 1.04 bits per heavy atom.